The van der Waals surface area contributed by atoms with Crippen molar-refractivity contribution < 1.29 is 23.7 Å². The largest absolute Gasteiger partial charge is 0.361 e. The Kier molecular flexibility index (Phi) is 11.5. The lowest BCUT2D eigenvalue weighted by Crippen LogP contribution is -2.55. The topological polar surface area (TPSA) is 46.2 Å². The highest BCUT2D eigenvalue weighted by Crippen LogP contribution is 2.43. The monoisotopic (exact) mass is 528 g/mol. The minimum atomic E-state index is -0.178. The first-order valence-corrected chi connectivity index (χ1v) is 15.9. The second-order valence-corrected chi connectivity index (χ2v) is 13.6. The summed E-state index contributed by atoms with van der Waals surface area (Å²) in [6, 6.07) is 0. The Balaban J connectivity index is 1.71. The van der Waals surface area contributed by atoms with Gasteiger partial charge in [-0.2, -0.15) is 0 Å². The molecule has 212 valence electrons. The third-order valence-electron chi connectivity index (χ3n) is 10.2. The van der Waals surface area contributed by atoms with E-state index in [9.17, 15) is 0 Å². The van der Waals surface area contributed by atoms with Crippen molar-refractivity contribution in [3.05, 3.63) is 0 Å². The first-order chi connectivity index (χ1) is 17.0. The molecular formula is C30H56O5S. The van der Waals surface area contributed by atoms with Crippen molar-refractivity contribution in [2.24, 2.45) is 47.3 Å². The summed E-state index contributed by atoms with van der Waals surface area (Å²) in [4.78, 5) is 0. The maximum atomic E-state index is 6.90. The molecule has 0 radical (unpaired) electrons. The van der Waals surface area contributed by atoms with Gasteiger partial charge in [-0.25, -0.2) is 0 Å². The van der Waals surface area contributed by atoms with Crippen LogP contribution in [0.5, 0.6) is 0 Å². The van der Waals surface area contributed by atoms with E-state index >= 15 is 0 Å². The maximum Gasteiger partial charge on any atom is 0.161 e. The molecule has 3 heterocycles. The zero-order chi connectivity index (χ0) is 26.7. The van der Waals surface area contributed by atoms with Gasteiger partial charge in [-0.1, -0.05) is 76.2 Å². The van der Waals surface area contributed by atoms with Crippen LogP contribution in [0, 0.1) is 47.3 Å². The Hall–Kier alpha value is 0.150. The lowest BCUT2D eigenvalue weighted by molar-refractivity contribution is -0.300. The van der Waals surface area contributed by atoms with E-state index < -0.39 is 0 Å². The minimum Gasteiger partial charge on any atom is -0.361 e. The quantitative estimate of drug-likeness (QED) is 0.315. The molecule has 3 aliphatic rings. The summed E-state index contributed by atoms with van der Waals surface area (Å²) >= 11 is 1.88. The maximum absolute atomic E-state index is 6.90. The van der Waals surface area contributed by atoms with Crippen LogP contribution >= 0.6 is 11.8 Å². The Morgan fingerprint density at radius 1 is 0.556 bits per heavy atom. The van der Waals surface area contributed by atoms with Crippen LogP contribution in [-0.2, 0) is 23.7 Å². The molecule has 3 aliphatic heterocycles. The van der Waals surface area contributed by atoms with E-state index in [4.69, 9.17) is 23.7 Å². The predicted molar refractivity (Wildman–Crippen MR) is 149 cm³/mol. The summed E-state index contributed by atoms with van der Waals surface area (Å²) < 4.78 is 33.1. The fourth-order valence-electron chi connectivity index (χ4n) is 6.66. The highest BCUT2D eigenvalue weighted by atomic mass is 32.2. The van der Waals surface area contributed by atoms with Gasteiger partial charge < -0.3 is 23.7 Å². The van der Waals surface area contributed by atoms with Crippen LogP contribution in [0.3, 0.4) is 0 Å². The van der Waals surface area contributed by atoms with E-state index in [1.54, 1.807) is 0 Å². The molecule has 0 saturated carbocycles. The normalized spacial score (nSPS) is 50.2. The van der Waals surface area contributed by atoms with Gasteiger partial charge in [0, 0.05) is 23.7 Å². The van der Waals surface area contributed by atoms with E-state index in [1.165, 1.54) is 0 Å². The molecule has 3 rings (SSSR count). The van der Waals surface area contributed by atoms with Crippen molar-refractivity contribution in [2.75, 3.05) is 12.4 Å². The Labute approximate surface area is 226 Å². The molecule has 0 aliphatic carbocycles. The van der Waals surface area contributed by atoms with Crippen molar-refractivity contribution in [3.8, 4) is 0 Å². The molecule has 0 bridgehead atoms. The smallest absolute Gasteiger partial charge is 0.161 e. The number of hydrogen-bond donors (Lipinski definition) is 0. The molecule has 6 unspecified atom stereocenters. The Morgan fingerprint density at radius 3 is 1.61 bits per heavy atom. The molecule has 3 saturated heterocycles. The highest BCUT2D eigenvalue weighted by Gasteiger charge is 2.47. The zero-order valence-electron chi connectivity index (χ0n) is 24.9. The fraction of sp³-hybridized carbons (Fsp3) is 1.00. The van der Waals surface area contributed by atoms with Crippen molar-refractivity contribution in [3.63, 3.8) is 0 Å². The second kappa shape index (κ2) is 13.5. The molecule has 0 amide bonds. The van der Waals surface area contributed by atoms with E-state index in [0.717, 1.165) is 18.6 Å². The molecule has 0 aromatic heterocycles. The third-order valence-corrected chi connectivity index (χ3v) is 11.4. The van der Waals surface area contributed by atoms with Crippen molar-refractivity contribution >= 4 is 11.8 Å². The standard InChI is InChI=1S/C30H56O5S/c1-12-24-18(6)16(4)20(8)28(32-24)31-15-26-22(10)27(23(11)30(34-26)36-14-3)35-29-21(9)17(5)19(7)25(13-2)33-29/h16-30H,12-15H2,1-11H3/t16-,17?,18-,19-,20?,21?,22+,23?,24?,25-,26?,27-,28-,29+,30+/m0/s1. The van der Waals surface area contributed by atoms with Gasteiger partial charge in [0.05, 0.1) is 31.0 Å². The molecule has 0 aromatic carbocycles. The van der Waals surface area contributed by atoms with Crippen molar-refractivity contribution in [2.45, 2.75) is 131 Å². The zero-order valence-corrected chi connectivity index (χ0v) is 25.8. The van der Waals surface area contributed by atoms with Crippen LogP contribution in [0.1, 0.15) is 89.0 Å². The predicted octanol–water partition coefficient (Wildman–Crippen LogP) is 7.22. The van der Waals surface area contributed by atoms with Gasteiger partial charge in [-0.05, 0) is 42.3 Å². The number of thioether (sulfide) groups is 1. The van der Waals surface area contributed by atoms with Gasteiger partial charge >= 0.3 is 0 Å². The minimum absolute atomic E-state index is 0.0296. The molecule has 3 fully saturated rings. The van der Waals surface area contributed by atoms with Crippen LogP contribution in [0.15, 0.2) is 0 Å². The summed E-state index contributed by atoms with van der Waals surface area (Å²) in [6.45, 7) is 25.6. The van der Waals surface area contributed by atoms with E-state index in [-0.39, 0.29) is 54.3 Å². The van der Waals surface area contributed by atoms with Gasteiger partial charge in [0.15, 0.2) is 12.6 Å². The molecule has 6 heteroatoms. The SMILES string of the molecule is CCS[C@H]1OC(CO[C@H]2OC(CC)[C@@H](C)[C@H](C)C2C)[C@@H](C)[C@H](O[C@H]2O[C@@H](CC)[C@@H](C)C(C)C2C)C1C. The van der Waals surface area contributed by atoms with Gasteiger partial charge in [-0.15, -0.1) is 11.8 Å². The van der Waals surface area contributed by atoms with Crippen molar-refractivity contribution in [1.29, 1.82) is 0 Å². The summed E-state index contributed by atoms with van der Waals surface area (Å²) in [5, 5.41) is 0. The highest BCUT2D eigenvalue weighted by molar-refractivity contribution is 7.99. The molecule has 36 heavy (non-hydrogen) atoms. The molecule has 0 N–H and O–H groups in total. The van der Waals surface area contributed by atoms with E-state index in [2.05, 4.69) is 76.2 Å². The van der Waals surface area contributed by atoms with Crippen LogP contribution < -0.4 is 0 Å². The third kappa shape index (κ3) is 6.47. The molecule has 0 aromatic rings. The van der Waals surface area contributed by atoms with E-state index in [1.807, 2.05) is 11.8 Å². The van der Waals surface area contributed by atoms with Gasteiger partial charge in [0.1, 0.15) is 5.44 Å². The molecule has 15 atom stereocenters. The average molecular weight is 529 g/mol. The average Bonchev–Trinajstić information content (AvgIpc) is 2.87. The summed E-state index contributed by atoms with van der Waals surface area (Å²) in [7, 11) is 0. The molecule has 5 nitrogen and oxygen atoms in total. The number of ether oxygens (including phenoxy) is 5. The molecule has 0 spiro atoms. The van der Waals surface area contributed by atoms with Crippen LogP contribution in [-0.4, -0.2) is 54.8 Å². The van der Waals surface area contributed by atoms with Crippen LogP contribution in [0.2, 0.25) is 0 Å². The number of hydrogen-bond acceptors (Lipinski definition) is 6. The van der Waals surface area contributed by atoms with Crippen LogP contribution in [0.25, 0.3) is 0 Å². The lowest BCUT2D eigenvalue weighted by atomic mass is 9.78. The summed E-state index contributed by atoms with van der Waals surface area (Å²) in [5.41, 5.74) is 0.0917. The fourth-order valence-corrected chi connectivity index (χ4v) is 7.67. The second-order valence-electron chi connectivity index (χ2n) is 12.2. The first kappa shape index (κ1) is 30.7. The van der Waals surface area contributed by atoms with E-state index in [0.29, 0.717) is 42.1 Å². The van der Waals surface area contributed by atoms with Crippen molar-refractivity contribution in [1.82, 2.24) is 0 Å². The van der Waals surface area contributed by atoms with Gasteiger partial charge in [0.25, 0.3) is 0 Å². The molecular weight excluding hydrogens is 472 g/mol. The lowest BCUT2D eigenvalue weighted by Gasteiger charge is -2.49. The summed E-state index contributed by atoms with van der Waals surface area (Å²) in [6.07, 6.45) is 2.24. The van der Waals surface area contributed by atoms with Gasteiger partial charge in [-0.3, -0.25) is 0 Å². The number of rotatable bonds is 9. The first-order valence-electron chi connectivity index (χ1n) is 14.9. The Bertz CT molecular complexity index is 659. The summed E-state index contributed by atoms with van der Waals surface area (Å²) in [5.74, 6) is 4.46. The van der Waals surface area contributed by atoms with Gasteiger partial charge in [0.2, 0.25) is 0 Å². The Morgan fingerprint density at radius 2 is 1.08 bits per heavy atom. The van der Waals surface area contributed by atoms with Crippen LogP contribution in [0.4, 0.5) is 0 Å².